The van der Waals surface area contributed by atoms with Crippen molar-refractivity contribution in [3.05, 3.63) is 83.9 Å². The first kappa shape index (κ1) is 17.3. The normalized spacial score (nSPS) is 17.2. The lowest BCUT2D eigenvalue weighted by Crippen LogP contribution is -2.55. The monoisotopic (exact) mass is 386 g/mol. The van der Waals surface area contributed by atoms with Gasteiger partial charge < -0.3 is 0 Å². The quantitative estimate of drug-likeness (QED) is 0.314. The zero-order valence-corrected chi connectivity index (χ0v) is 18.4. The van der Waals surface area contributed by atoms with Gasteiger partial charge in [0.1, 0.15) is 0 Å². The maximum absolute atomic E-state index is 2.61. The van der Waals surface area contributed by atoms with Gasteiger partial charge in [-0.2, -0.15) is 0 Å². The lowest BCUT2D eigenvalue weighted by molar-refractivity contribution is 0.918. The molecule has 0 saturated carbocycles. The first-order valence-corrected chi connectivity index (χ1v) is 15.6. The molecule has 0 atom stereocenters. The van der Waals surface area contributed by atoms with Crippen LogP contribution in [-0.2, 0) is 0 Å². The van der Waals surface area contributed by atoms with E-state index in [-0.39, 0.29) is 0 Å². The van der Waals surface area contributed by atoms with E-state index in [0.29, 0.717) is 0 Å². The van der Waals surface area contributed by atoms with Gasteiger partial charge in [0, 0.05) is 0 Å². The summed E-state index contributed by atoms with van der Waals surface area (Å²) in [5.41, 5.74) is 5.76. The van der Waals surface area contributed by atoms with Crippen LogP contribution in [0.4, 0.5) is 0 Å². The van der Waals surface area contributed by atoms with E-state index < -0.39 is 15.0 Å². The van der Waals surface area contributed by atoms with Crippen LogP contribution < -0.4 is 10.5 Å². The lowest BCUT2D eigenvalue weighted by Gasteiger charge is -2.40. The molecule has 0 unspecified atom stereocenters. The van der Waals surface area contributed by atoms with Gasteiger partial charge in [-0.25, -0.2) is 0 Å². The van der Waals surface area contributed by atoms with Crippen molar-refractivity contribution in [1.29, 1.82) is 0 Å². The minimum atomic E-state index is -1.47. The molecule has 1 fully saturated rings. The molecule has 0 spiro atoms. The Kier molecular flexibility index (Phi) is 3.90. The van der Waals surface area contributed by atoms with Crippen molar-refractivity contribution in [3.8, 4) is 11.1 Å². The molecular formula is C25H27PSi. The molecule has 2 aliphatic rings. The fourth-order valence-electron chi connectivity index (χ4n) is 5.16. The predicted molar refractivity (Wildman–Crippen MR) is 125 cm³/mol. The third-order valence-corrected chi connectivity index (χ3v) is 14.9. The third kappa shape index (κ3) is 2.48. The number of hydrogen-bond donors (Lipinski definition) is 0. The van der Waals surface area contributed by atoms with Crippen LogP contribution in [-0.4, -0.2) is 26.7 Å². The molecule has 0 nitrogen and oxygen atoms in total. The smallest absolute Gasteiger partial charge is 0.0747 e. The van der Waals surface area contributed by atoms with Crippen molar-refractivity contribution in [2.24, 2.45) is 0 Å². The van der Waals surface area contributed by atoms with E-state index in [2.05, 4.69) is 92.7 Å². The van der Waals surface area contributed by atoms with Gasteiger partial charge in [-0.15, -0.1) is 0 Å². The van der Waals surface area contributed by atoms with Gasteiger partial charge in [-0.05, 0) is 46.2 Å². The Balaban J connectivity index is 1.85. The molecule has 27 heavy (non-hydrogen) atoms. The topological polar surface area (TPSA) is 0 Å². The van der Waals surface area contributed by atoms with Gasteiger partial charge in [0.15, 0.2) is 0 Å². The predicted octanol–water partition coefficient (Wildman–Crippen LogP) is 5.53. The first-order valence-electron chi connectivity index (χ1n) is 10.0. The van der Waals surface area contributed by atoms with E-state index in [0.717, 1.165) is 0 Å². The number of hydrogen-bond acceptors (Lipinski definition) is 0. The number of rotatable bonds is 2. The van der Waals surface area contributed by atoms with Crippen LogP contribution in [0.3, 0.4) is 0 Å². The summed E-state index contributed by atoms with van der Waals surface area (Å²) in [6.45, 7) is 6.24. The van der Waals surface area contributed by atoms with E-state index in [1.807, 2.05) is 0 Å². The lowest BCUT2D eigenvalue weighted by atomic mass is 10.1. The first-order chi connectivity index (χ1) is 13.0. The standard InChI is InChI=1S/C25H27PSi/c1-26(2,23-15-8-9-16-24(23)27(3)17-10-18-27)25-21-13-6-4-11-19(21)20-12-5-7-14-22(20)25/h4-9,11-16H,10,17-18H2,1-3H3. The summed E-state index contributed by atoms with van der Waals surface area (Å²) in [5, 5.41) is 5.02. The number of fused-ring (bicyclic) bond motifs is 3. The van der Waals surface area contributed by atoms with Gasteiger partial charge in [0.05, 0.1) is 8.07 Å². The van der Waals surface area contributed by atoms with E-state index in [1.54, 1.807) is 15.8 Å². The van der Waals surface area contributed by atoms with Gasteiger partial charge in [0.25, 0.3) is 0 Å². The summed E-state index contributed by atoms with van der Waals surface area (Å²) in [4.78, 5) is 0. The molecular weight excluding hydrogens is 359 g/mol. The summed E-state index contributed by atoms with van der Waals surface area (Å²) < 4.78 is 0. The van der Waals surface area contributed by atoms with Crippen molar-refractivity contribution in [2.45, 2.75) is 25.1 Å². The van der Waals surface area contributed by atoms with Crippen LogP contribution in [0.2, 0.25) is 18.6 Å². The average Bonchev–Trinajstić information content (AvgIpc) is 3.01. The van der Waals surface area contributed by atoms with Crippen molar-refractivity contribution in [3.63, 3.8) is 0 Å². The maximum atomic E-state index is 2.61. The molecule has 0 aromatic heterocycles. The van der Waals surface area contributed by atoms with Crippen molar-refractivity contribution >= 4 is 30.7 Å². The Morgan fingerprint density at radius 3 is 1.67 bits per heavy atom. The zero-order chi connectivity index (χ0) is 18.6. The molecule has 0 N–H and O–H groups in total. The van der Waals surface area contributed by atoms with E-state index in [1.165, 1.54) is 40.8 Å². The zero-order valence-electron chi connectivity index (χ0n) is 16.5. The molecule has 0 radical (unpaired) electrons. The molecule has 5 rings (SSSR count). The molecule has 2 heteroatoms. The van der Waals surface area contributed by atoms with Crippen molar-refractivity contribution in [2.75, 3.05) is 13.3 Å². The largest absolute Gasteiger partial charge is 0.0844 e. The van der Waals surface area contributed by atoms with E-state index >= 15 is 0 Å². The number of benzene rings is 3. The van der Waals surface area contributed by atoms with Crippen molar-refractivity contribution in [1.82, 2.24) is 0 Å². The highest BCUT2D eigenvalue weighted by Gasteiger charge is 2.39. The Morgan fingerprint density at radius 1 is 0.667 bits per heavy atom. The second kappa shape index (κ2) is 6.09. The molecule has 1 aliphatic heterocycles. The SMILES string of the molecule is C[Si]1(c2ccccc2P(C)(C)=C2c3ccccc3-c3ccccc32)CCC1. The third-order valence-electron chi connectivity index (χ3n) is 6.83. The minimum absolute atomic E-state index is 1.25. The highest BCUT2D eigenvalue weighted by molar-refractivity contribution is 7.83. The summed E-state index contributed by atoms with van der Waals surface area (Å²) in [7, 11) is -1.25. The summed E-state index contributed by atoms with van der Waals surface area (Å²) in [6.07, 6.45) is 1.43. The van der Waals surface area contributed by atoms with E-state index in [9.17, 15) is 0 Å². The van der Waals surface area contributed by atoms with Crippen LogP contribution in [0.1, 0.15) is 17.5 Å². The highest BCUT2D eigenvalue weighted by Crippen LogP contribution is 2.50. The van der Waals surface area contributed by atoms with Gasteiger partial charge >= 0.3 is 0 Å². The van der Waals surface area contributed by atoms with Crippen LogP contribution in [0.5, 0.6) is 0 Å². The van der Waals surface area contributed by atoms with Crippen LogP contribution in [0.15, 0.2) is 72.8 Å². The van der Waals surface area contributed by atoms with Crippen LogP contribution >= 0.6 is 6.89 Å². The second-order valence-electron chi connectivity index (χ2n) is 8.82. The molecule has 136 valence electrons. The van der Waals surface area contributed by atoms with Gasteiger partial charge in [0.2, 0.25) is 0 Å². The summed E-state index contributed by atoms with van der Waals surface area (Å²) >= 11 is 0. The fraction of sp³-hybridized carbons (Fsp3) is 0.240. The van der Waals surface area contributed by atoms with Crippen LogP contribution in [0, 0.1) is 0 Å². The fourth-order valence-corrected chi connectivity index (χ4v) is 12.9. The maximum Gasteiger partial charge on any atom is 0.0844 e. The van der Waals surface area contributed by atoms with Gasteiger partial charge in [-0.1, -0.05) is 110 Å². The molecule has 3 aromatic carbocycles. The van der Waals surface area contributed by atoms with Crippen molar-refractivity contribution < 1.29 is 0 Å². The highest BCUT2D eigenvalue weighted by atomic mass is 31.2. The minimum Gasteiger partial charge on any atom is -0.0747 e. The molecule has 3 aromatic rings. The summed E-state index contributed by atoms with van der Waals surface area (Å²) in [5.74, 6) is 0. The van der Waals surface area contributed by atoms with Gasteiger partial charge in [-0.3, -0.25) is 0 Å². The second-order valence-corrected chi connectivity index (χ2v) is 17.3. The van der Waals surface area contributed by atoms with Crippen LogP contribution in [0.25, 0.3) is 11.1 Å². The van der Waals surface area contributed by atoms with E-state index in [4.69, 9.17) is 0 Å². The molecule has 1 aliphatic carbocycles. The average molecular weight is 387 g/mol. The Hall–Kier alpha value is -1.82. The molecule has 1 heterocycles. The summed E-state index contributed by atoms with van der Waals surface area (Å²) in [6, 6.07) is 30.5. The molecule has 1 saturated heterocycles. The molecule has 0 bridgehead atoms. The Labute approximate surface area is 164 Å². The Bertz CT molecular complexity index is 1050. The Morgan fingerprint density at radius 2 is 1.15 bits per heavy atom. The molecule has 0 amide bonds.